The normalized spacial score (nSPS) is 10.1. The maximum atomic E-state index is 11.8. The number of carboxylic acids is 1. The van der Waals surface area contributed by atoms with Crippen LogP contribution in [0.2, 0.25) is 0 Å². The summed E-state index contributed by atoms with van der Waals surface area (Å²) in [5, 5.41) is 11.4. The summed E-state index contributed by atoms with van der Waals surface area (Å²) < 4.78 is 1.62. The van der Waals surface area contributed by atoms with Gasteiger partial charge in [0.05, 0.1) is 6.33 Å². The van der Waals surface area contributed by atoms with Gasteiger partial charge >= 0.3 is 5.97 Å². The van der Waals surface area contributed by atoms with E-state index in [9.17, 15) is 9.59 Å². The van der Waals surface area contributed by atoms with Crippen molar-refractivity contribution in [1.82, 2.24) is 14.5 Å². The maximum Gasteiger partial charge on any atom is 0.339 e. The lowest BCUT2D eigenvalue weighted by Crippen LogP contribution is -2.16. The van der Waals surface area contributed by atoms with Crippen molar-refractivity contribution in [2.75, 3.05) is 5.32 Å². The monoisotopic (exact) mass is 246 g/mol. The minimum atomic E-state index is -1.15. The molecule has 2 heterocycles. The Bertz CT molecular complexity index is 606. The largest absolute Gasteiger partial charge is 0.478 e. The van der Waals surface area contributed by atoms with Crippen molar-refractivity contribution in [3.8, 4) is 0 Å². The van der Waals surface area contributed by atoms with Crippen LogP contribution in [0.5, 0.6) is 0 Å². The molecule has 0 unspecified atom stereocenters. The first kappa shape index (κ1) is 11.8. The molecule has 0 fully saturated rings. The summed E-state index contributed by atoms with van der Waals surface area (Å²) in [6.45, 7) is 0. The second-order valence-electron chi connectivity index (χ2n) is 3.58. The molecule has 18 heavy (non-hydrogen) atoms. The number of amides is 1. The van der Waals surface area contributed by atoms with Gasteiger partial charge in [-0.15, -0.1) is 0 Å². The molecule has 0 aliphatic carbocycles. The summed E-state index contributed by atoms with van der Waals surface area (Å²) in [5.41, 5.74) is 0.126. The van der Waals surface area contributed by atoms with Gasteiger partial charge in [-0.3, -0.25) is 4.79 Å². The van der Waals surface area contributed by atoms with Crippen LogP contribution < -0.4 is 5.32 Å². The Morgan fingerprint density at radius 1 is 1.39 bits per heavy atom. The first-order chi connectivity index (χ1) is 8.58. The molecule has 0 bridgehead atoms. The number of hydrogen-bond acceptors (Lipinski definition) is 4. The molecule has 0 saturated carbocycles. The van der Waals surface area contributed by atoms with Gasteiger partial charge in [-0.05, 0) is 12.1 Å². The topological polar surface area (TPSA) is 97.1 Å². The SMILES string of the molecule is Cn1cnc(C(=O)Nc2ncccc2C(=O)O)c1. The maximum absolute atomic E-state index is 11.8. The van der Waals surface area contributed by atoms with Crippen LogP contribution in [0.1, 0.15) is 20.8 Å². The summed E-state index contributed by atoms with van der Waals surface area (Å²) in [5.74, 6) is -1.66. The van der Waals surface area contributed by atoms with E-state index in [2.05, 4.69) is 15.3 Å². The van der Waals surface area contributed by atoms with Crippen LogP contribution in [0, 0.1) is 0 Å². The molecule has 0 atom stereocenters. The number of pyridine rings is 1. The van der Waals surface area contributed by atoms with Gasteiger partial charge in [0.1, 0.15) is 17.1 Å². The van der Waals surface area contributed by atoms with Crippen LogP contribution in [0.3, 0.4) is 0 Å². The van der Waals surface area contributed by atoms with E-state index in [0.29, 0.717) is 0 Å². The van der Waals surface area contributed by atoms with Gasteiger partial charge in [-0.2, -0.15) is 0 Å². The van der Waals surface area contributed by atoms with Crippen molar-refractivity contribution < 1.29 is 14.7 Å². The first-order valence-corrected chi connectivity index (χ1v) is 5.05. The molecule has 2 N–H and O–H groups in total. The lowest BCUT2D eigenvalue weighted by molar-refractivity contribution is 0.0697. The number of hydrogen-bond donors (Lipinski definition) is 2. The number of nitrogens with zero attached hydrogens (tertiary/aromatic N) is 3. The molecule has 0 radical (unpaired) electrons. The summed E-state index contributed by atoms with van der Waals surface area (Å²) in [4.78, 5) is 30.4. The average Bonchev–Trinajstić information content (AvgIpc) is 2.76. The molecule has 2 rings (SSSR count). The molecule has 7 heteroatoms. The summed E-state index contributed by atoms with van der Waals surface area (Å²) in [7, 11) is 1.73. The number of carbonyl (C=O) groups excluding carboxylic acids is 1. The zero-order valence-corrected chi connectivity index (χ0v) is 9.49. The minimum absolute atomic E-state index is 0.000605. The number of aryl methyl sites for hydroxylation is 1. The molecule has 2 aromatic rings. The Balaban J connectivity index is 2.24. The van der Waals surface area contributed by atoms with Gasteiger partial charge in [-0.25, -0.2) is 14.8 Å². The molecule has 92 valence electrons. The van der Waals surface area contributed by atoms with Crippen LogP contribution in [0.25, 0.3) is 0 Å². The van der Waals surface area contributed by atoms with E-state index in [1.54, 1.807) is 11.6 Å². The second kappa shape index (κ2) is 4.66. The van der Waals surface area contributed by atoms with Crippen LogP contribution in [0.15, 0.2) is 30.9 Å². The zero-order chi connectivity index (χ0) is 13.1. The van der Waals surface area contributed by atoms with Crippen molar-refractivity contribution >= 4 is 17.7 Å². The molecule has 1 amide bonds. The number of nitrogens with one attached hydrogen (secondary N) is 1. The highest BCUT2D eigenvalue weighted by Crippen LogP contribution is 2.12. The third kappa shape index (κ3) is 2.34. The van der Waals surface area contributed by atoms with E-state index < -0.39 is 11.9 Å². The molecular formula is C11H10N4O3. The highest BCUT2D eigenvalue weighted by Gasteiger charge is 2.15. The summed E-state index contributed by atoms with van der Waals surface area (Å²) >= 11 is 0. The Morgan fingerprint density at radius 2 is 2.17 bits per heavy atom. The van der Waals surface area contributed by atoms with Gasteiger partial charge in [-0.1, -0.05) is 0 Å². The van der Waals surface area contributed by atoms with Crippen molar-refractivity contribution in [2.45, 2.75) is 0 Å². The van der Waals surface area contributed by atoms with Crippen LogP contribution in [-0.2, 0) is 7.05 Å². The van der Waals surface area contributed by atoms with Crippen molar-refractivity contribution in [3.05, 3.63) is 42.1 Å². The fourth-order valence-electron chi connectivity index (χ4n) is 1.38. The zero-order valence-electron chi connectivity index (χ0n) is 9.49. The van der Waals surface area contributed by atoms with E-state index >= 15 is 0 Å². The van der Waals surface area contributed by atoms with E-state index in [1.165, 1.54) is 30.9 Å². The highest BCUT2D eigenvalue weighted by molar-refractivity contribution is 6.05. The first-order valence-electron chi connectivity index (χ1n) is 5.05. The van der Waals surface area contributed by atoms with Gasteiger partial charge in [0.15, 0.2) is 0 Å². The smallest absolute Gasteiger partial charge is 0.339 e. The quantitative estimate of drug-likeness (QED) is 0.833. The number of carboxylic acid groups (broad SMARTS) is 1. The Kier molecular flexibility index (Phi) is 3.05. The lowest BCUT2D eigenvalue weighted by Gasteiger charge is -2.05. The molecule has 0 aliphatic rings. The molecule has 2 aromatic heterocycles. The molecule has 0 spiro atoms. The number of carbonyl (C=O) groups is 2. The molecular weight excluding hydrogens is 236 g/mol. The molecule has 0 aliphatic heterocycles. The van der Waals surface area contributed by atoms with E-state index in [-0.39, 0.29) is 17.1 Å². The number of aromatic nitrogens is 3. The van der Waals surface area contributed by atoms with Crippen LogP contribution >= 0.6 is 0 Å². The molecule has 0 saturated heterocycles. The standard InChI is InChI=1S/C11H10N4O3/c1-15-5-8(13-6-15)10(16)14-9-7(11(17)18)3-2-4-12-9/h2-6H,1H3,(H,17,18)(H,12,14,16). The Labute approximate surface area is 102 Å². The van der Waals surface area contributed by atoms with Gasteiger partial charge < -0.3 is 15.0 Å². The van der Waals surface area contributed by atoms with Crippen LogP contribution in [0.4, 0.5) is 5.82 Å². The number of imidazole rings is 1. The van der Waals surface area contributed by atoms with E-state index in [0.717, 1.165) is 0 Å². The third-order valence-electron chi connectivity index (χ3n) is 2.21. The number of anilines is 1. The predicted molar refractivity (Wildman–Crippen MR) is 62.4 cm³/mol. The van der Waals surface area contributed by atoms with Gasteiger partial charge in [0.25, 0.3) is 5.91 Å². The Morgan fingerprint density at radius 3 is 2.78 bits per heavy atom. The lowest BCUT2D eigenvalue weighted by atomic mass is 10.2. The fraction of sp³-hybridized carbons (Fsp3) is 0.0909. The fourth-order valence-corrected chi connectivity index (χ4v) is 1.38. The summed E-state index contributed by atoms with van der Waals surface area (Å²) in [6.07, 6.45) is 4.41. The predicted octanol–water partition coefficient (Wildman–Crippen LogP) is 0.766. The van der Waals surface area contributed by atoms with Crippen LogP contribution in [-0.4, -0.2) is 31.5 Å². The van der Waals surface area contributed by atoms with Gasteiger partial charge in [0.2, 0.25) is 0 Å². The Hall–Kier alpha value is -2.70. The second-order valence-corrected chi connectivity index (χ2v) is 3.58. The molecule has 0 aromatic carbocycles. The highest BCUT2D eigenvalue weighted by atomic mass is 16.4. The van der Waals surface area contributed by atoms with Gasteiger partial charge in [0, 0.05) is 19.4 Å². The number of rotatable bonds is 3. The average molecular weight is 246 g/mol. The number of aromatic carboxylic acids is 1. The van der Waals surface area contributed by atoms with Crippen molar-refractivity contribution in [3.63, 3.8) is 0 Å². The minimum Gasteiger partial charge on any atom is -0.478 e. The molecule has 7 nitrogen and oxygen atoms in total. The van der Waals surface area contributed by atoms with Crippen molar-refractivity contribution in [1.29, 1.82) is 0 Å². The van der Waals surface area contributed by atoms with Crippen molar-refractivity contribution in [2.24, 2.45) is 7.05 Å². The van der Waals surface area contributed by atoms with E-state index in [4.69, 9.17) is 5.11 Å². The third-order valence-corrected chi connectivity index (χ3v) is 2.21. The summed E-state index contributed by atoms with van der Waals surface area (Å²) in [6, 6.07) is 2.85. The van der Waals surface area contributed by atoms with E-state index in [1.807, 2.05) is 0 Å².